The van der Waals surface area contributed by atoms with Crippen LogP contribution in [0.5, 0.6) is 0 Å². The molecule has 0 atom stereocenters. The lowest BCUT2D eigenvalue weighted by Gasteiger charge is -2.33. The summed E-state index contributed by atoms with van der Waals surface area (Å²) in [4.78, 5) is 11.9. The van der Waals surface area contributed by atoms with Crippen molar-refractivity contribution < 1.29 is 4.79 Å². The molecule has 0 radical (unpaired) electrons. The Labute approximate surface area is 182 Å². The summed E-state index contributed by atoms with van der Waals surface area (Å²) in [6.45, 7) is 4.38. The van der Waals surface area contributed by atoms with Crippen LogP contribution in [0.3, 0.4) is 0 Å². The molecular formula is C28H50O. The predicted molar refractivity (Wildman–Crippen MR) is 125 cm³/mol. The van der Waals surface area contributed by atoms with Crippen molar-refractivity contribution in [2.75, 3.05) is 0 Å². The van der Waals surface area contributed by atoms with Crippen LogP contribution in [0.25, 0.3) is 0 Å². The molecule has 0 N–H and O–H groups in total. The number of carbonyl (C=O) groups excluding carboxylic acids is 1. The molecule has 3 aliphatic rings. The van der Waals surface area contributed by atoms with Gasteiger partial charge >= 0.3 is 0 Å². The minimum atomic E-state index is 0.411. The fourth-order valence-electron chi connectivity index (χ4n) is 7.03. The number of Topliss-reactive ketones (excluding diaryl/α,β-unsaturated/α-hetero) is 1. The molecule has 29 heavy (non-hydrogen) atoms. The second-order valence-corrected chi connectivity index (χ2v) is 11.3. The van der Waals surface area contributed by atoms with E-state index < -0.39 is 0 Å². The molecule has 3 saturated carbocycles. The topological polar surface area (TPSA) is 17.1 Å². The number of hydrogen-bond acceptors (Lipinski definition) is 1. The maximum Gasteiger partial charge on any atom is 0.135 e. The first-order chi connectivity index (χ1) is 14.2. The minimum absolute atomic E-state index is 0.411. The van der Waals surface area contributed by atoms with E-state index in [-0.39, 0.29) is 0 Å². The SMILES string of the molecule is CCC[C@H]1CC[C@H](CC[C@H]2CC[C@H](CC[C@H]3CC[C@H](C(=O)CC)CC3)CC2)CC1. The molecule has 0 saturated heterocycles. The molecular weight excluding hydrogens is 352 g/mol. The normalized spacial score (nSPS) is 36.1. The van der Waals surface area contributed by atoms with Crippen molar-refractivity contribution >= 4 is 5.78 Å². The fourth-order valence-corrected chi connectivity index (χ4v) is 7.03. The molecule has 0 unspecified atom stereocenters. The van der Waals surface area contributed by atoms with E-state index in [1.807, 2.05) is 6.92 Å². The van der Waals surface area contributed by atoms with Gasteiger partial charge in [0.1, 0.15) is 5.78 Å². The van der Waals surface area contributed by atoms with E-state index in [0.29, 0.717) is 11.7 Å². The van der Waals surface area contributed by atoms with Crippen LogP contribution in [-0.2, 0) is 4.79 Å². The maximum atomic E-state index is 11.9. The van der Waals surface area contributed by atoms with Crippen LogP contribution in [0, 0.1) is 35.5 Å². The van der Waals surface area contributed by atoms with Gasteiger partial charge in [-0.15, -0.1) is 0 Å². The first kappa shape index (κ1) is 23.3. The molecule has 0 aliphatic heterocycles. The van der Waals surface area contributed by atoms with Gasteiger partial charge in [0.15, 0.2) is 0 Å². The largest absolute Gasteiger partial charge is 0.299 e. The zero-order valence-corrected chi connectivity index (χ0v) is 19.8. The molecule has 1 nitrogen and oxygen atoms in total. The first-order valence-electron chi connectivity index (χ1n) is 13.7. The highest BCUT2D eigenvalue weighted by Crippen LogP contribution is 2.40. The summed E-state index contributed by atoms with van der Waals surface area (Å²) >= 11 is 0. The van der Waals surface area contributed by atoms with Crippen molar-refractivity contribution in [2.24, 2.45) is 35.5 Å². The molecule has 0 aromatic rings. The average Bonchev–Trinajstić information content (AvgIpc) is 2.78. The van der Waals surface area contributed by atoms with E-state index in [2.05, 4.69) is 6.92 Å². The third kappa shape index (κ3) is 7.70. The van der Waals surface area contributed by atoms with Gasteiger partial charge in [-0.3, -0.25) is 4.79 Å². The van der Waals surface area contributed by atoms with Crippen molar-refractivity contribution in [3.05, 3.63) is 0 Å². The molecule has 0 amide bonds. The van der Waals surface area contributed by atoms with Gasteiger partial charge in [0.05, 0.1) is 0 Å². The van der Waals surface area contributed by atoms with Gasteiger partial charge in [0.25, 0.3) is 0 Å². The summed E-state index contributed by atoms with van der Waals surface area (Å²) in [6.07, 6.45) is 26.8. The van der Waals surface area contributed by atoms with E-state index in [1.165, 1.54) is 116 Å². The molecule has 3 aliphatic carbocycles. The Morgan fingerprint density at radius 2 is 0.828 bits per heavy atom. The second kappa shape index (κ2) is 12.5. The van der Waals surface area contributed by atoms with Crippen molar-refractivity contribution in [3.8, 4) is 0 Å². The van der Waals surface area contributed by atoms with Gasteiger partial charge in [0, 0.05) is 12.3 Å². The smallest absolute Gasteiger partial charge is 0.135 e. The van der Waals surface area contributed by atoms with Gasteiger partial charge in [-0.25, -0.2) is 0 Å². The van der Waals surface area contributed by atoms with Crippen LogP contribution in [0.2, 0.25) is 0 Å². The van der Waals surface area contributed by atoms with Gasteiger partial charge in [-0.1, -0.05) is 104 Å². The zero-order valence-electron chi connectivity index (χ0n) is 19.8. The Morgan fingerprint density at radius 3 is 1.14 bits per heavy atom. The summed E-state index contributed by atoms with van der Waals surface area (Å²) < 4.78 is 0. The van der Waals surface area contributed by atoms with Crippen LogP contribution in [0.1, 0.15) is 136 Å². The minimum Gasteiger partial charge on any atom is -0.299 e. The molecule has 0 aromatic heterocycles. The second-order valence-electron chi connectivity index (χ2n) is 11.3. The third-order valence-corrected chi connectivity index (χ3v) is 9.25. The Morgan fingerprint density at radius 1 is 0.517 bits per heavy atom. The molecule has 168 valence electrons. The van der Waals surface area contributed by atoms with E-state index in [4.69, 9.17) is 0 Å². The highest BCUT2D eigenvalue weighted by atomic mass is 16.1. The standard InChI is InChI=1S/C28H50O/c1-3-5-22-6-8-23(9-7-22)10-11-24-12-14-25(15-13-24)16-17-26-18-20-27(21-19-26)28(29)4-2/h22-27H,3-21H2,1-2H3/t22-,23-,24-,25-,26-,27-. The molecule has 3 fully saturated rings. The Balaban J connectivity index is 1.23. The summed E-state index contributed by atoms with van der Waals surface area (Å²) in [5.41, 5.74) is 0. The summed E-state index contributed by atoms with van der Waals surface area (Å²) in [6, 6.07) is 0. The van der Waals surface area contributed by atoms with Crippen LogP contribution >= 0.6 is 0 Å². The Kier molecular flexibility index (Phi) is 10.1. The molecule has 0 bridgehead atoms. The van der Waals surface area contributed by atoms with Crippen LogP contribution < -0.4 is 0 Å². The number of rotatable bonds is 10. The number of carbonyl (C=O) groups is 1. The molecule has 0 heterocycles. The van der Waals surface area contributed by atoms with Gasteiger partial charge in [-0.05, 0) is 55.3 Å². The molecule has 1 heteroatoms. The fraction of sp³-hybridized carbons (Fsp3) is 0.964. The van der Waals surface area contributed by atoms with Crippen LogP contribution in [0.4, 0.5) is 0 Å². The molecule has 0 spiro atoms. The maximum absolute atomic E-state index is 11.9. The number of ketones is 1. The van der Waals surface area contributed by atoms with Crippen molar-refractivity contribution in [3.63, 3.8) is 0 Å². The first-order valence-corrected chi connectivity index (χ1v) is 13.7. The lowest BCUT2D eigenvalue weighted by Crippen LogP contribution is -2.22. The lowest BCUT2D eigenvalue weighted by atomic mass is 9.73. The monoisotopic (exact) mass is 402 g/mol. The van der Waals surface area contributed by atoms with Crippen molar-refractivity contribution in [1.82, 2.24) is 0 Å². The van der Waals surface area contributed by atoms with E-state index >= 15 is 0 Å². The van der Waals surface area contributed by atoms with Gasteiger partial charge in [0.2, 0.25) is 0 Å². The van der Waals surface area contributed by atoms with E-state index in [1.54, 1.807) is 0 Å². The zero-order chi connectivity index (χ0) is 20.5. The van der Waals surface area contributed by atoms with Crippen LogP contribution in [0.15, 0.2) is 0 Å². The molecule has 3 rings (SSSR count). The Bertz CT molecular complexity index is 445. The number of hydrogen-bond donors (Lipinski definition) is 0. The Hall–Kier alpha value is -0.330. The van der Waals surface area contributed by atoms with Crippen molar-refractivity contribution in [1.29, 1.82) is 0 Å². The lowest BCUT2D eigenvalue weighted by molar-refractivity contribution is -0.123. The van der Waals surface area contributed by atoms with Crippen molar-refractivity contribution in [2.45, 2.75) is 136 Å². The van der Waals surface area contributed by atoms with Crippen LogP contribution in [-0.4, -0.2) is 5.78 Å². The van der Waals surface area contributed by atoms with Gasteiger partial charge < -0.3 is 0 Å². The highest BCUT2D eigenvalue weighted by Gasteiger charge is 2.27. The summed E-state index contributed by atoms with van der Waals surface area (Å²) in [7, 11) is 0. The quantitative estimate of drug-likeness (QED) is 0.357. The van der Waals surface area contributed by atoms with E-state index in [9.17, 15) is 4.79 Å². The summed E-state index contributed by atoms with van der Waals surface area (Å²) in [5.74, 6) is 6.06. The predicted octanol–water partition coefficient (Wildman–Crippen LogP) is 8.75. The molecule has 0 aromatic carbocycles. The summed E-state index contributed by atoms with van der Waals surface area (Å²) in [5, 5.41) is 0. The average molecular weight is 403 g/mol. The van der Waals surface area contributed by atoms with E-state index in [0.717, 1.165) is 36.0 Å². The highest BCUT2D eigenvalue weighted by molar-refractivity contribution is 5.80. The third-order valence-electron chi connectivity index (χ3n) is 9.25. The van der Waals surface area contributed by atoms with Gasteiger partial charge in [-0.2, -0.15) is 0 Å².